The molecule has 64 valence electrons. The van der Waals surface area contributed by atoms with Crippen LogP contribution in [0, 0.1) is 4.64 Å². The summed E-state index contributed by atoms with van der Waals surface area (Å²) < 4.78 is 0.803. The van der Waals surface area contributed by atoms with E-state index >= 15 is 0 Å². The van der Waals surface area contributed by atoms with Gasteiger partial charge in [-0.3, -0.25) is 0 Å². The summed E-state index contributed by atoms with van der Waals surface area (Å²) in [5, 5.41) is 3.44. The van der Waals surface area contributed by atoms with Crippen molar-refractivity contribution in [1.82, 2.24) is 10.3 Å². The highest BCUT2D eigenvalue weighted by atomic mass is 32.1. The Labute approximate surface area is 77.0 Å². The van der Waals surface area contributed by atoms with Crippen LogP contribution in [0.4, 0.5) is 0 Å². The Hall–Kier alpha value is -0.670. The van der Waals surface area contributed by atoms with E-state index in [2.05, 4.69) is 16.4 Å². The van der Waals surface area contributed by atoms with Gasteiger partial charge < -0.3 is 10.3 Å². The Morgan fingerprint density at radius 1 is 1.42 bits per heavy atom. The minimum Gasteiger partial charge on any atom is -0.353 e. The monoisotopic (exact) mass is 180 g/mol. The van der Waals surface area contributed by atoms with Crippen LogP contribution in [0.2, 0.25) is 0 Å². The van der Waals surface area contributed by atoms with Gasteiger partial charge in [-0.1, -0.05) is 18.3 Å². The molecule has 0 amide bonds. The summed E-state index contributed by atoms with van der Waals surface area (Å²) in [4.78, 5) is 3.05. The number of hydrogen-bond donors (Lipinski definition) is 2. The van der Waals surface area contributed by atoms with Crippen molar-refractivity contribution in [1.29, 1.82) is 0 Å². The molecule has 0 aromatic carbocycles. The van der Waals surface area contributed by atoms with Crippen LogP contribution >= 0.6 is 12.2 Å². The second-order valence-electron chi connectivity index (χ2n) is 3.14. The minimum absolute atomic E-state index is 0.539. The molecule has 2 nitrogen and oxygen atoms in total. The summed E-state index contributed by atoms with van der Waals surface area (Å²) in [5.41, 5.74) is 1.32. The first-order valence-electron chi connectivity index (χ1n) is 4.28. The fourth-order valence-corrected chi connectivity index (χ4v) is 1.74. The summed E-state index contributed by atoms with van der Waals surface area (Å²) in [6.07, 6.45) is 4.52. The van der Waals surface area contributed by atoms with Gasteiger partial charge in [0.05, 0.1) is 0 Å². The van der Waals surface area contributed by atoms with Crippen LogP contribution in [0.3, 0.4) is 0 Å². The minimum atomic E-state index is 0.539. The van der Waals surface area contributed by atoms with E-state index in [1.807, 2.05) is 12.3 Å². The van der Waals surface area contributed by atoms with Gasteiger partial charge in [0.25, 0.3) is 0 Å². The maximum atomic E-state index is 4.97. The van der Waals surface area contributed by atoms with Crippen LogP contribution in [0.15, 0.2) is 18.3 Å². The van der Waals surface area contributed by atoms with E-state index in [4.69, 9.17) is 12.2 Å². The molecule has 1 unspecified atom stereocenters. The first-order valence-corrected chi connectivity index (χ1v) is 4.69. The van der Waals surface area contributed by atoms with Crippen LogP contribution in [0.5, 0.6) is 0 Å². The Morgan fingerprint density at radius 3 is 2.92 bits per heavy atom. The average Bonchev–Trinajstić information content (AvgIpc) is 2.58. The lowest BCUT2D eigenvalue weighted by atomic mass is 10.1. The van der Waals surface area contributed by atoms with Gasteiger partial charge in [0.2, 0.25) is 0 Å². The highest BCUT2D eigenvalue weighted by Crippen LogP contribution is 2.21. The first kappa shape index (κ1) is 7.95. The number of nitrogens with one attached hydrogen (secondary N) is 2. The van der Waals surface area contributed by atoms with Crippen molar-refractivity contribution in [2.45, 2.75) is 18.9 Å². The van der Waals surface area contributed by atoms with Crippen LogP contribution in [0.1, 0.15) is 24.4 Å². The second kappa shape index (κ2) is 3.37. The molecule has 2 N–H and O–H groups in total. The summed E-state index contributed by atoms with van der Waals surface area (Å²) in [7, 11) is 0. The number of aromatic nitrogens is 1. The molecule has 1 fully saturated rings. The van der Waals surface area contributed by atoms with Gasteiger partial charge in [-0.05, 0) is 31.0 Å². The maximum Gasteiger partial charge on any atom is 0.103 e. The summed E-state index contributed by atoms with van der Waals surface area (Å²) in [6.45, 7) is 1.14. The number of pyridine rings is 1. The topological polar surface area (TPSA) is 27.8 Å². The molecule has 1 atom stereocenters. The van der Waals surface area contributed by atoms with Crippen LogP contribution in [-0.2, 0) is 0 Å². The van der Waals surface area contributed by atoms with E-state index in [0.717, 1.165) is 11.2 Å². The molecule has 0 spiro atoms. The molecule has 1 aliphatic rings. The van der Waals surface area contributed by atoms with Crippen molar-refractivity contribution in [2.24, 2.45) is 0 Å². The normalized spacial score (nSPS) is 22.8. The Morgan fingerprint density at radius 2 is 2.33 bits per heavy atom. The van der Waals surface area contributed by atoms with E-state index in [9.17, 15) is 0 Å². The molecule has 1 aromatic rings. The average molecular weight is 180 g/mol. The maximum absolute atomic E-state index is 4.97. The standard InChI is InChI=1S/C9H12N2S/c12-9-4-3-7(6-11-9)8-2-1-5-10-8/h3-4,6,8,10H,1-2,5H2,(H,11,12). The van der Waals surface area contributed by atoms with Crippen LogP contribution in [-0.4, -0.2) is 11.5 Å². The van der Waals surface area contributed by atoms with Gasteiger partial charge >= 0.3 is 0 Å². The fraction of sp³-hybridized carbons (Fsp3) is 0.444. The quantitative estimate of drug-likeness (QED) is 0.648. The Kier molecular flexibility index (Phi) is 2.23. The van der Waals surface area contributed by atoms with Crippen molar-refractivity contribution >= 4 is 12.2 Å². The zero-order valence-electron chi connectivity index (χ0n) is 6.84. The molecule has 1 aliphatic heterocycles. The molecular weight excluding hydrogens is 168 g/mol. The van der Waals surface area contributed by atoms with Gasteiger partial charge in [-0.2, -0.15) is 0 Å². The Bertz CT molecular complexity index is 292. The van der Waals surface area contributed by atoms with Gasteiger partial charge in [0, 0.05) is 12.2 Å². The zero-order chi connectivity index (χ0) is 8.39. The highest BCUT2D eigenvalue weighted by Gasteiger charge is 2.15. The molecule has 0 aliphatic carbocycles. The van der Waals surface area contributed by atoms with E-state index in [1.54, 1.807) is 0 Å². The van der Waals surface area contributed by atoms with Crippen molar-refractivity contribution in [3.8, 4) is 0 Å². The third kappa shape index (κ3) is 1.57. The van der Waals surface area contributed by atoms with E-state index < -0.39 is 0 Å². The number of aromatic amines is 1. The molecule has 0 radical (unpaired) electrons. The lowest BCUT2D eigenvalue weighted by Crippen LogP contribution is -2.12. The third-order valence-electron chi connectivity index (χ3n) is 2.27. The largest absolute Gasteiger partial charge is 0.353 e. The van der Waals surface area contributed by atoms with Crippen LogP contribution in [0.25, 0.3) is 0 Å². The molecule has 1 saturated heterocycles. The van der Waals surface area contributed by atoms with E-state index in [-0.39, 0.29) is 0 Å². The van der Waals surface area contributed by atoms with Crippen molar-refractivity contribution in [3.05, 3.63) is 28.5 Å². The molecule has 0 bridgehead atoms. The van der Waals surface area contributed by atoms with Gasteiger partial charge in [-0.15, -0.1) is 0 Å². The molecule has 12 heavy (non-hydrogen) atoms. The number of H-pyrrole nitrogens is 1. The van der Waals surface area contributed by atoms with E-state index in [0.29, 0.717) is 6.04 Å². The van der Waals surface area contributed by atoms with E-state index in [1.165, 1.54) is 18.4 Å². The van der Waals surface area contributed by atoms with Gasteiger partial charge in [-0.25, -0.2) is 0 Å². The summed E-state index contributed by atoms with van der Waals surface area (Å²) in [6, 6.07) is 4.59. The second-order valence-corrected chi connectivity index (χ2v) is 3.58. The lowest BCUT2D eigenvalue weighted by Gasteiger charge is -2.08. The molecule has 3 heteroatoms. The predicted octanol–water partition coefficient (Wildman–Crippen LogP) is 2.17. The SMILES string of the molecule is S=c1ccc(C2CCCN2)c[nH]1. The number of rotatable bonds is 1. The van der Waals surface area contributed by atoms with Crippen molar-refractivity contribution in [2.75, 3.05) is 6.54 Å². The molecule has 2 heterocycles. The zero-order valence-corrected chi connectivity index (χ0v) is 7.66. The fourth-order valence-electron chi connectivity index (χ4n) is 1.61. The van der Waals surface area contributed by atoms with Gasteiger partial charge in [0.15, 0.2) is 0 Å². The highest BCUT2D eigenvalue weighted by molar-refractivity contribution is 7.71. The molecular formula is C9H12N2S. The summed E-state index contributed by atoms with van der Waals surface area (Å²) in [5.74, 6) is 0. The third-order valence-corrected chi connectivity index (χ3v) is 2.52. The smallest absolute Gasteiger partial charge is 0.103 e. The number of hydrogen-bond acceptors (Lipinski definition) is 2. The lowest BCUT2D eigenvalue weighted by molar-refractivity contribution is 0.645. The van der Waals surface area contributed by atoms with Crippen molar-refractivity contribution < 1.29 is 0 Å². The molecule has 0 saturated carbocycles. The first-order chi connectivity index (χ1) is 5.86. The molecule has 1 aromatic heterocycles. The molecule has 2 rings (SSSR count). The summed E-state index contributed by atoms with van der Waals surface area (Å²) >= 11 is 4.97. The van der Waals surface area contributed by atoms with Crippen molar-refractivity contribution in [3.63, 3.8) is 0 Å². The van der Waals surface area contributed by atoms with Crippen LogP contribution < -0.4 is 5.32 Å². The van der Waals surface area contributed by atoms with Gasteiger partial charge in [0.1, 0.15) is 4.64 Å². The predicted molar refractivity (Wildman–Crippen MR) is 51.6 cm³/mol. The Balaban J connectivity index is 2.22.